The second-order valence-electron chi connectivity index (χ2n) is 3.84. The fourth-order valence-electron chi connectivity index (χ4n) is 1.52. The van der Waals surface area contributed by atoms with Gasteiger partial charge >= 0.3 is 5.97 Å². The summed E-state index contributed by atoms with van der Waals surface area (Å²) in [5.41, 5.74) is 2.78. The first kappa shape index (κ1) is 13.8. The van der Waals surface area contributed by atoms with Gasteiger partial charge in [0.15, 0.2) is 5.84 Å². The highest BCUT2D eigenvalue weighted by molar-refractivity contribution is 9.10. The summed E-state index contributed by atoms with van der Waals surface area (Å²) >= 11 is 8.95. The summed E-state index contributed by atoms with van der Waals surface area (Å²) in [5.74, 6) is -1.67. The monoisotopic (exact) mass is 345 g/mol. The second kappa shape index (κ2) is 5.18. The molecule has 2 rings (SSSR count). The van der Waals surface area contributed by atoms with Gasteiger partial charge < -0.3 is 15.8 Å². The van der Waals surface area contributed by atoms with E-state index in [4.69, 9.17) is 16.7 Å². The predicted molar refractivity (Wildman–Crippen MR) is 73.6 cm³/mol. The van der Waals surface area contributed by atoms with Crippen LogP contribution in [0.5, 0.6) is 0 Å². The molecule has 0 fully saturated rings. The predicted octanol–water partition coefficient (Wildman–Crippen LogP) is 1.20. The second-order valence-corrected chi connectivity index (χ2v) is 5.60. The number of halogens is 2. The molecule has 0 bridgehead atoms. The number of nitrogens with one attached hydrogen (secondary N) is 2. The molecule has 19 heavy (non-hydrogen) atoms. The lowest BCUT2D eigenvalue weighted by molar-refractivity contribution is -0.137. The first-order valence-corrected chi connectivity index (χ1v) is 6.41. The lowest BCUT2D eigenvalue weighted by Crippen LogP contribution is -2.50. The molecule has 1 aliphatic rings. The maximum atomic E-state index is 12.0. The van der Waals surface area contributed by atoms with E-state index in [1.807, 2.05) is 0 Å². The summed E-state index contributed by atoms with van der Waals surface area (Å²) < 4.78 is -1.44. The Balaban J connectivity index is 2.21. The molecule has 1 heterocycles. The van der Waals surface area contributed by atoms with Crippen LogP contribution in [0, 0.1) is 0 Å². The smallest absolute Gasteiger partial charge is 0.330 e. The van der Waals surface area contributed by atoms with Gasteiger partial charge in [-0.15, -0.1) is 0 Å². The van der Waals surface area contributed by atoms with Crippen LogP contribution in [-0.4, -0.2) is 33.7 Å². The lowest BCUT2D eigenvalue weighted by atomic mass is 10.1. The third-order valence-corrected chi connectivity index (χ3v) is 3.90. The molecule has 0 aromatic heterocycles. The van der Waals surface area contributed by atoms with Crippen LogP contribution in [0.15, 0.2) is 29.4 Å². The number of benzene rings is 1. The molecule has 0 saturated heterocycles. The molecule has 1 atom stereocenters. The van der Waals surface area contributed by atoms with Gasteiger partial charge in [0.05, 0.1) is 17.1 Å². The number of hydrazone groups is 1. The largest absolute Gasteiger partial charge is 0.480 e. The number of hydrogen-bond acceptors (Lipinski definition) is 4. The van der Waals surface area contributed by atoms with Crippen molar-refractivity contribution in [1.82, 2.24) is 10.7 Å². The zero-order valence-electron chi connectivity index (χ0n) is 9.48. The first-order valence-electron chi connectivity index (χ1n) is 5.24. The third-order valence-electron chi connectivity index (χ3n) is 2.58. The van der Waals surface area contributed by atoms with Crippen molar-refractivity contribution in [2.45, 2.75) is 4.32 Å². The van der Waals surface area contributed by atoms with Gasteiger partial charge in [0.1, 0.15) is 0 Å². The summed E-state index contributed by atoms with van der Waals surface area (Å²) in [6, 6.07) is 6.47. The number of amides is 1. The fourth-order valence-corrected chi connectivity index (χ4v) is 2.06. The average Bonchev–Trinajstić information content (AvgIpc) is 2.73. The minimum atomic E-state index is -1.44. The van der Waals surface area contributed by atoms with Crippen molar-refractivity contribution in [1.29, 1.82) is 0 Å². The SMILES string of the molecule is O=C(NC1=NNCC1(Br)C(=O)O)c1ccccc1Cl. The molecule has 0 aliphatic carbocycles. The van der Waals surface area contributed by atoms with Crippen LogP contribution in [0.1, 0.15) is 10.4 Å². The zero-order valence-corrected chi connectivity index (χ0v) is 11.8. The van der Waals surface area contributed by atoms with E-state index in [9.17, 15) is 9.59 Å². The van der Waals surface area contributed by atoms with E-state index in [-0.39, 0.29) is 23.0 Å². The Morgan fingerprint density at radius 3 is 2.79 bits per heavy atom. The molecule has 1 aromatic rings. The number of carboxylic acid groups (broad SMARTS) is 1. The quantitative estimate of drug-likeness (QED) is 0.702. The molecule has 0 radical (unpaired) electrons. The van der Waals surface area contributed by atoms with E-state index in [2.05, 4.69) is 31.8 Å². The Morgan fingerprint density at radius 1 is 1.47 bits per heavy atom. The highest BCUT2D eigenvalue weighted by Crippen LogP contribution is 2.23. The minimum absolute atomic E-state index is 0.00933. The van der Waals surface area contributed by atoms with Crippen molar-refractivity contribution in [2.75, 3.05) is 6.54 Å². The van der Waals surface area contributed by atoms with Crippen LogP contribution >= 0.6 is 27.5 Å². The zero-order chi connectivity index (χ0) is 14.0. The van der Waals surface area contributed by atoms with Gasteiger partial charge in [-0.3, -0.25) is 9.59 Å². The Morgan fingerprint density at radius 2 is 2.16 bits per heavy atom. The number of carbonyl (C=O) groups excluding carboxylic acids is 1. The molecule has 8 heteroatoms. The molecule has 100 valence electrons. The Hall–Kier alpha value is -1.60. The van der Waals surface area contributed by atoms with E-state index in [1.54, 1.807) is 18.2 Å². The molecule has 6 nitrogen and oxygen atoms in total. The van der Waals surface area contributed by atoms with Crippen molar-refractivity contribution < 1.29 is 14.7 Å². The average molecular weight is 347 g/mol. The molecular formula is C11H9BrClN3O3. The molecule has 0 saturated carbocycles. The first-order chi connectivity index (χ1) is 8.95. The Kier molecular flexibility index (Phi) is 3.77. The number of alkyl halides is 1. The molecule has 1 amide bonds. The van der Waals surface area contributed by atoms with Crippen LogP contribution in [-0.2, 0) is 4.79 Å². The Bertz CT molecular complexity index is 578. The maximum Gasteiger partial charge on any atom is 0.330 e. The standard InChI is InChI=1S/C11H9BrClN3O3/c12-11(10(18)19)5-14-16-9(11)15-8(17)6-3-1-2-4-7(6)13/h1-4,14H,5H2,(H,18,19)(H,15,16,17). The Labute approximate surface area is 122 Å². The lowest BCUT2D eigenvalue weighted by Gasteiger charge is -2.17. The summed E-state index contributed by atoms with van der Waals surface area (Å²) in [6.45, 7) is 0.0421. The van der Waals surface area contributed by atoms with Crippen molar-refractivity contribution in [3.05, 3.63) is 34.9 Å². The van der Waals surface area contributed by atoms with E-state index >= 15 is 0 Å². The van der Waals surface area contributed by atoms with Gasteiger partial charge in [-0.1, -0.05) is 39.7 Å². The van der Waals surface area contributed by atoms with Crippen molar-refractivity contribution >= 4 is 45.2 Å². The topological polar surface area (TPSA) is 90.8 Å². The van der Waals surface area contributed by atoms with Crippen LogP contribution in [0.2, 0.25) is 5.02 Å². The van der Waals surface area contributed by atoms with E-state index < -0.39 is 16.2 Å². The minimum Gasteiger partial charge on any atom is -0.480 e. The summed E-state index contributed by atoms with van der Waals surface area (Å²) in [5, 5.41) is 15.6. The van der Waals surface area contributed by atoms with Gasteiger partial charge in [-0.2, -0.15) is 5.10 Å². The van der Waals surface area contributed by atoms with E-state index in [1.165, 1.54) is 6.07 Å². The number of carboxylic acids is 1. The molecule has 1 aromatic carbocycles. The summed E-state index contributed by atoms with van der Waals surface area (Å²) in [6.07, 6.45) is 0. The maximum absolute atomic E-state index is 12.0. The fraction of sp³-hybridized carbons (Fsp3) is 0.182. The number of aliphatic carboxylic acids is 1. The van der Waals surface area contributed by atoms with E-state index in [0.717, 1.165) is 0 Å². The number of nitrogens with zero attached hydrogens (tertiary/aromatic N) is 1. The van der Waals surface area contributed by atoms with Gasteiger partial charge in [-0.25, -0.2) is 0 Å². The number of amidine groups is 1. The number of rotatable bonds is 2. The van der Waals surface area contributed by atoms with Gasteiger partial charge in [0.25, 0.3) is 5.91 Å². The summed E-state index contributed by atoms with van der Waals surface area (Å²) in [4.78, 5) is 23.2. The molecule has 0 spiro atoms. The van der Waals surface area contributed by atoms with Gasteiger partial charge in [0, 0.05) is 0 Å². The van der Waals surface area contributed by atoms with Crippen LogP contribution in [0.4, 0.5) is 0 Å². The molecule has 1 unspecified atom stereocenters. The normalized spacial score (nSPS) is 21.5. The van der Waals surface area contributed by atoms with Gasteiger partial charge in [0.2, 0.25) is 4.32 Å². The molecule has 3 N–H and O–H groups in total. The van der Waals surface area contributed by atoms with Crippen molar-refractivity contribution in [3.8, 4) is 0 Å². The highest BCUT2D eigenvalue weighted by Gasteiger charge is 2.46. The van der Waals surface area contributed by atoms with Crippen molar-refractivity contribution in [2.24, 2.45) is 5.10 Å². The number of hydrogen-bond donors (Lipinski definition) is 3. The van der Waals surface area contributed by atoms with Crippen LogP contribution in [0.3, 0.4) is 0 Å². The third kappa shape index (κ3) is 2.57. The van der Waals surface area contributed by atoms with E-state index in [0.29, 0.717) is 0 Å². The molecule has 1 aliphatic heterocycles. The highest BCUT2D eigenvalue weighted by atomic mass is 79.9. The van der Waals surface area contributed by atoms with Gasteiger partial charge in [-0.05, 0) is 12.1 Å². The summed E-state index contributed by atoms with van der Waals surface area (Å²) in [7, 11) is 0. The van der Waals surface area contributed by atoms with Crippen molar-refractivity contribution in [3.63, 3.8) is 0 Å². The molecular weight excluding hydrogens is 337 g/mol. The van der Waals surface area contributed by atoms with Crippen LogP contribution in [0.25, 0.3) is 0 Å². The number of carbonyl (C=O) groups is 2. The van der Waals surface area contributed by atoms with Crippen LogP contribution < -0.4 is 10.7 Å².